The third kappa shape index (κ3) is 3.81. The van der Waals surface area contributed by atoms with Gasteiger partial charge in [-0.25, -0.2) is 14.2 Å². The molecule has 0 spiro atoms. The van der Waals surface area contributed by atoms with E-state index in [1.165, 1.54) is 12.4 Å². The van der Waals surface area contributed by atoms with Crippen LogP contribution in [0.1, 0.15) is 22.3 Å². The zero-order valence-electron chi connectivity index (χ0n) is 14.4. The van der Waals surface area contributed by atoms with Crippen molar-refractivity contribution in [3.8, 4) is 5.88 Å². The number of fused-ring (bicyclic) bond motifs is 1. The van der Waals surface area contributed by atoms with Gasteiger partial charge in [0.15, 0.2) is 6.17 Å². The van der Waals surface area contributed by atoms with E-state index in [1.54, 1.807) is 0 Å². The summed E-state index contributed by atoms with van der Waals surface area (Å²) in [7, 11) is 1.33. The van der Waals surface area contributed by atoms with Crippen LogP contribution in [0.5, 0.6) is 5.88 Å². The maximum absolute atomic E-state index is 14.3. The molecule has 0 radical (unpaired) electrons. The lowest BCUT2D eigenvalue weighted by molar-refractivity contribution is -0.136. The van der Waals surface area contributed by atoms with Crippen LogP contribution in [0.3, 0.4) is 0 Å². The molecule has 0 aliphatic carbocycles. The number of carbonyl (C=O) groups excluding carboxylic acids is 1. The Labute approximate surface area is 159 Å². The van der Waals surface area contributed by atoms with E-state index in [4.69, 9.17) is 9.84 Å². The number of hydrogen-bond acceptors (Lipinski definition) is 5. The van der Waals surface area contributed by atoms with E-state index in [-0.39, 0.29) is 28.7 Å². The number of rotatable bonds is 3. The molecule has 1 fully saturated rings. The quantitative estimate of drug-likeness (QED) is 0.743. The Kier molecular flexibility index (Phi) is 5.33. The van der Waals surface area contributed by atoms with E-state index in [2.05, 4.69) is 10.3 Å². The molecule has 0 unspecified atom stereocenters. The minimum absolute atomic E-state index is 0.0171. The Bertz CT molecular complexity index is 917. The average molecular weight is 421 g/mol. The van der Waals surface area contributed by atoms with Crippen LogP contribution < -0.4 is 10.1 Å². The molecule has 12 heteroatoms. The number of carboxylic acid groups (broad SMARTS) is 1. The van der Waals surface area contributed by atoms with Gasteiger partial charge in [0.25, 0.3) is 5.91 Å². The summed E-state index contributed by atoms with van der Waals surface area (Å²) in [6, 6.07) is 0.669. The van der Waals surface area contributed by atoms with E-state index >= 15 is 0 Å². The topological polar surface area (TPSA) is 91.8 Å². The maximum atomic E-state index is 14.3. The number of thiophene rings is 1. The Morgan fingerprint density at radius 2 is 2.14 bits per heavy atom. The summed E-state index contributed by atoms with van der Waals surface area (Å²) in [5.41, 5.74) is -1.27. The van der Waals surface area contributed by atoms with Gasteiger partial charge in [0.05, 0.1) is 27.9 Å². The van der Waals surface area contributed by atoms with Crippen LogP contribution in [0.15, 0.2) is 11.4 Å². The van der Waals surface area contributed by atoms with E-state index in [9.17, 15) is 27.2 Å². The Morgan fingerprint density at radius 1 is 1.43 bits per heavy atom. The number of nitrogens with one attached hydrogen (secondary N) is 1. The van der Waals surface area contributed by atoms with Crippen molar-refractivity contribution in [1.29, 1.82) is 0 Å². The van der Waals surface area contributed by atoms with Gasteiger partial charge >= 0.3 is 12.3 Å². The molecular formula is C16H15F4N3O4S. The number of likely N-dealkylation sites (tertiary alicyclic amines) is 1. The molecule has 0 saturated carbocycles. The van der Waals surface area contributed by atoms with Crippen molar-refractivity contribution in [1.82, 2.24) is 15.2 Å². The van der Waals surface area contributed by atoms with Crippen molar-refractivity contribution in [2.45, 2.75) is 24.9 Å². The summed E-state index contributed by atoms with van der Waals surface area (Å²) in [6.45, 7) is -0.465. The van der Waals surface area contributed by atoms with Crippen molar-refractivity contribution in [3.05, 3.63) is 22.6 Å². The predicted octanol–water partition coefficient (Wildman–Crippen LogP) is 3.14. The van der Waals surface area contributed by atoms with Crippen LogP contribution >= 0.6 is 11.3 Å². The summed E-state index contributed by atoms with van der Waals surface area (Å²) in [4.78, 5) is 27.7. The summed E-state index contributed by atoms with van der Waals surface area (Å²) in [5.74, 6) is -1.08. The summed E-state index contributed by atoms with van der Waals surface area (Å²) in [5, 5.41) is 12.5. The number of amides is 2. The molecule has 3 rings (SSSR count). The van der Waals surface area contributed by atoms with Crippen molar-refractivity contribution < 1.29 is 37.0 Å². The smallest absolute Gasteiger partial charge is 0.418 e. The van der Waals surface area contributed by atoms with Gasteiger partial charge in [-0.15, -0.1) is 11.3 Å². The van der Waals surface area contributed by atoms with E-state index in [1.807, 2.05) is 0 Å². The Hall–Kier alpha value is -2.63. The first kappa shape index (κ1) is 20.1. The molecule has 1 aliphatic heterocycles. The number of ether oxygens (including phenoxy) is 1. The largest absolute Gasteiger partial charge is 0.471 e. The van der Waals surface area contributed by atoms with Gasteiger partial charge in [-0.3, -0.25) is 4.79 Å². The second-order valence-corrected chi connectivity index (χ2v) is 6.98. The van der Waals surface area contributed by atoms with Gasteiger partial charge in [0.2, 0.25) is 5.88 Å². The standard InChI is InChI=1S/C16H15F4N3O4S/c1-21-14(24)7-6-28-13-8(16(18,19)20)4-11(22-12(7)13)27-10-2-3-23(15(25)26)5-9(10)17/h4,6,9-10H,2-3,5H2,1H3,(H,21,24)(H,25,26)/t9-,10+/m1/s1. The molecule has 2 aromatic heterocycles. The molecule has 1 aliphatic rings. The first-order valence-corrected chi connectivity index (χ1v) is 9.00. The summed E-state index contributed by atoms with van der Waals surface area (Å²) >= 11 is 0.725. The highest BCUT2D eigenvalue weighted by Gasteiger charge is 2.37. The average Bonchev–Trinajstić information content (AvgIpc) is 3.04. The molecule has 2 amide bonds. The Balaban J connectivity index is 1.97. The van der Waals surface area contributed by atoms with Gasteiger partial charge in [0.1, 0.15) is 6.10 Å². The number of halogens is 4. The van der Waals surface area contributed by atoms with Crippen molar-refractivity contribution in [2.75, 3.05) is 20.1 Å². The highest BCUT2D eigenvalue weighted by molar-refractivity contribution is 7.17. The number of hydrogen-bond donors (Lipinski definition) is 2. The number of piperidine rings is 1. The molecule has 2 N–H and O–H groups in total. The number of carbonyl (C=O) groups is 2. The minimum atomic E-state index is -4.73. The highest BCUT2D eigenvalue weighted by Crippen LogP contribution is 2.40. The molecule has 0 bridgehead atoms. The van der Waals surface area contributed by atoms with E-state index < -0.39 is 48.4 Å². The summed E-state index contributed by atoms with van der Waals surface area (Å²) in [6.07, 6.45) is -8.93. The van der Waals surface area contributed by atoms with Crippen LogP contribution in [0.4, 0.5) is 22.4 Å². The number of aromatic nitrogens is 1. The molecule has 2 aromatic rings. The monoisotopic (exact) mass is 421 g/mol. The second-order valence-electron chi connectivity index (χ2n) is 6.10. The molecule has 152 valence electrons. The first-order valence-electron chi connectivity index (χ1n) is 8.12. The molecule has 0 aromatic carbocycles. The predicted molar refractivity (Wildman–Crippen MR) is 91.5 cm³/mol. The number of nitrogens with zero attached hydrogens (tertiary/aromatic N) is 2. The zero-order valence-corrected chi connectivity index (χ0v) is 15.2. The van der Waals surface area contributed by atoms with E-state index in [0.29, 0.717) is 6.07 Å². The molecular weight excluding hydrogens is 406 g/mol. The van der Waals surface area contributed by atoms with Crippen LogP contribution in [0.25, 0.3) is 10.2 Å². The molecule has 2 atom stereocenters. The highest BCUT2D eigenvalue weighted by atomic mass is 32.1. The van der Waals surface area contributed by atoms with Gasteiger partial charge in [-0.1, -0.05) is 0 Å². The van der Waals surface area contributed by atoms with Gasteiger partial charge in [-0.2, -0.15) is 13.2 Å². The van der Waals surface area contributed by atoms with Gasteiger partial charge < -0.3 is 20.1 Å². The number of pyridine rings is 1. The molecule has 3 heterocycles. The van der Waals surface area contributed by atoms with Crippen molar-refractivity contribution >= 4 is 33.6 Å². The fraction of sp³-hybridized carbons (Fsp3) is 0.438. The lowest BCUT2D eigenvalue weighted by Crippen LogP contribution is -2.48. The SMILES string of the molecule is CNC(=O)c1csc2c(C(F)(F)F)cc(O[C@H]3CCN(C(=O)O)C[C@H]3F)nc12. The van der Waals surface area contributed by atoms with Crippen molar-refractivity contribution in [2.24, 2.45) is 0 Å². The fourth-order valence-electron chi connectivity index (χ4n) is 2.90. The fourth-order valence-corrected chi connectivity index (χ4v) is 3.92. The van der Waals surface area contributed by atoms with Gasteiger partial charge in [-0.05, 0) is 0 Å². The Morgan fingerprint density at radius 3 is 2.71 bits per heavy atom. The van der Waals surface area contributed by atoms with Crippen LogP contribution in [0, 0.1) is 0 Å². The summed E-state index contributed by atoms with van der Waals surface area (Å²) < 4.78 is 59.8. The van der Waals surface area contributed by atoms with Crippen LogP contribution in [-0.4, -0.2) is 59.4 Å². The normalized spacial score (nSPS) is 20.2. The minimum Gasteiger partial charge on any atom is -0.471 e. The van der Waals surface area contributed by atoms with E-state index in [0.717, 1.165) is 16.2 Å². The number of alkyl halides is 4. The van der Waals surface area contributed by atoms with Crippen LogP contribution in [-0.2, 0) is 6.18 Å². The second kappa shape index (κ2) is 7.41. The molecule has 1 saturated heterocycles. The maximum Gasteiger partial charge on any atom is 0.418 e. The molecule has 28 heavy (non-hydrogen) atoms. The lowest BCUT2D eigenvalue weighted by atomic mass is 10.1. The zero-order chi connectivity index (χ0) is 20.6. The molecule has 7 nitrogen and oxygen atoms in total. The lowest BCUT2D eigenvalue weighted by Gasteiger charge is -2.32. The first-order chi connectivity index (χ1) is 13.1. The van der Waals surface area contributed by atoms with Crippen LogP contribution in [0.2, 0.25) is 0 Å². The third-order valence-electron chi connectivity index (χ3n) is 4.30. The van der Waals surface area contributed by atoms with Gasteiger partial charge in [0, 0.05) is 31.5 Å². The van der Waals surface area contributed by atoms with Crippen molar-refractivity contribution in [3.63, 3.8) is 0 Å². The third-order valence-corrected chi connectivity index (χ3v) is 5.30.